The molecular weight excluding hydrogens is 276 g/mol. The molecule has 0 spiro atoms. The summed E-state index contributed by atoms with van der Waals surface area (Å²) in [5.41, 5.74) is 1.21. The first-order valence-electron chi connectivity index (χ1n) is 7.96. The lowest BCUT2D eigenvalue weighted by Crippen LogP contribution is -2.43. The molecule has 0 amide bonds. The molecule has 0 bridgehead atoms. The summed E-state index contributed by atoms with van der Waals surface area (Å²) in [7, 11) is 5.91. The van der Waals surface area contributed by atoms with Crippen LogP contribution in [0.25, 0.3) is 6.08 Å². The maximum Gasteiger partial charge on any atom is 0.118 e. The molecule has 2 rings (SSSR count). The van der Waals surface area contributed by atoms with Crippen molar-refractivity contribution in [1.29, 1.82) is 0 Å². The quantitative estimate of drug-likeness (QED) is 0.772. The third-order valence-electron chi connectivity index (χ3n) is 3.91. The summed E-state index contributed by atoms with van der Waals surface area (Å²) in [6, 6.07) is 8.14. The Morgan fingerprint density at radius 1 is 1.32 bits per heavy atom. The fourth-order valence-corrected chi connectivity index (χ4v) is 2.58. The van der Waals surface area contributed by atoms with Crippen molar-refractivity contribution < 1.29 is 9.47 Å². The van der Waals surface area contributed by atoms with Crippen molar-refractivity contribution in [1.82, 2.24) is 9.80 Å². The van der Waals surface area contributed by atoms with Gasteiger partial charge in [0.2, 0.25) is 0 Å². The topological polar surface area (TPSA) is 24.9 Å². The molecule has 1 saturated heterocycles. The Balaban J connectivity index is 1.76. The van der Waals surface area contributed by atoms with Crippen LogP contribution in [-0.2, 0) is 4.74 Å². The summed E-state index contributed by atoms with van der Waals surface area (Å²) in [6.07, 6.45) is 5.87. The van der Waals surface area contributed by atoms with Crippen LogP contribution in [0.15, 0.2) is 30.3 Å². The van der Waals surface area contributed by atoms with Crippen molar-refractivity contribution in [2.24, 2.45) is 0 Å². The molecule has 122 valence electrons. The number of hydrogen-bond acceptors (Lipinski definition) is 4. The smallest absolute Gasteiger partial charge is 0.118 e. The van der Waals surface area contributed by atoms with Gasteiger partial charge in [0.25, 0.3) is 0 Å². The number of morpholine rings is 1. The van der Waals surface area contributed by atoms with Gasteiger partial charge in [-0.2, -0.15) is 0 Å². The maximum absolute atomic E-state index is 5.84. The minimum absolute atomic E-state index is 0.366. The summed E-state index contributed by atoms with van der Waals surface area (Å²) in [6.45, 7) is 4.95. The van der Waals surface area contributed by atoms with Gasteiger partial charge in [0.15, 0.2) is 0 Å². The van der Waals surface area contributed by atoms with Crippen molar-refractivity contribution in [2.45, 2.75) is 12.5 Å². The first kappa shape index (κ1) is 17.0. The van der Waals surface area contributed by atoms with Gasteiger partial charge < -0.3 is 14.4 Å². The summed E-state index contributed by atoms with van der Waals surface area (Å²) in [5, 5.41) is 0. The molecular formula is C18H28N2O2. The van der Waals surface area contributed by atoms with Gasteiger partial charge in [0.05, 0.1) is 19.8 Å². The van der Waals surface area contributed by atoms with Crippen LogP contribution in [-0.4, -0.2) is 69.9 Å². The molecule has 1 aliphatic heterocycles. The molecule has 1 unspecified atom stereocenters. The minimum atomic E-state index is 0.366. The van der Waals surface area contributed by atoms with Crippen molar-refractivity contribution >= 4 is 6.08 Å². The Bertz CT molecular complexity index is 457. The van der Waals surface area contributed by atoms with Crippen molar-refractivity contribution in [3.05, 3.63) is 35.9 Å². The van der Waals surface area contributed by atoms with E-state index in [0.29, 0.717) is 6.10 Å². The molecule has 1 fully saturated rings. The first-order valence-corrected chi connectivity index (χ1v) is 7.96. The molecule has 4 heteroatoms. The average Bonchev–Trinajstić information content (AvgIpc) is 2.54. The standard InChI is InChI=1S/C18H28N2O2/c1-19(2)12-10-18-15-20(13-14-22-18)11-4-5-16-6-8-17(21-3)9-7-16/h4-9,18H,10-15H2,1-3H3. The molecule has 22 heavy (non-hydrogen) atoms. The van der Waals surface area contributed by atoms with Gasteiger partial charge >= 0.3 is 0 Å². The van der Waals surface area contributed by atoms with E-state index in [1.807, 2.05) is 12.1 Å². The van der Waals surface area contributed by atoms with Crippen LogP contribution in [0.2, 0.25) is 0 Å². The molecule has 1 atom stereocenters. The zero-order valence-corrected chi connectivity index (χ0v) is 14.0. The van der Waals surface area contributed by atoms with Crippen LogP contribution < -0.4 is 4.74 Å². The normalized spacial score (nSPS) is 19.9. The third kappa shape index (κ3) is 5.79. The Kier molecular flexibility index (Phi) is 6.90. The van der Waals surface area contributed by atoms with Gasteiger partial charge in [-0.1, -0.05) is 24.3 Å². The fourth-order valence-electron chi connectivity index (χ4n) is 2.58. The summed E-state index contributed by atoms with van der Waals surface area (Å²) in [5.74, 6) is 0.897. The SMILES string of the molecule is COc1ccc(C=CCN2CCOC(CCN(C)C)C2)cc1. The molecule has 1 aromatic carbocycles. The second kappa shape index (κ2) is 8.93. The molecule has 1 heterocycles. The maximum atomic E-state index is 5.84. The number of nitrogens with zero attached hydrogens (tertiary/aromatic N) is 2. The molecule has 1 aromatic rings. The summed E-state index contributed by atoms with van der Waals surface area (Å²) in [4.78, 5) is 4.68. The van der Waals surface area contributed by atoms with E-state index in [2.05, 4.69) is 48.2 Å². The van der Waals surface area contributed by atoms with Crippen LogP contribution in [0, 0.1) is 0 Å². The van der Waals surface area contributed by atoms with Gasteiger partial charge in [-0.25, -0.2) is 0 Å². The van der Waals surface area contributed by atoms with Crippen LogP contribution >= 0.6 is 0 Å². The minimum Gasteiger partial charge on any atom is -0.497 e. The summed E-state index contributed by atoms with van der Waals surface area (Å²) < 4.78 is 11.0. The van der Waals surface area contributed by atoms with E-state index in [4.69, 9.17) is 9.47 Å². The van der Waals surface area contributed by atoms with Crippen LogP contribution in [0.4, 0.5) is 0 Å². The highest BCUT2D eigenvalue weighted by Crippen LogP contribution is 2.13. The first-order chi connectivity index (χ1) is 10.7. The summed E-state index contributed by atoms with van der Waals surface area (Å²) >= 11 is 0. The molecule has 0 aliphatic carbocycles. The lowest BCUT2D eigenvalue weighted by molar-refractivity contribution is -0.0304. The number of methoxy groups -OCH3 is 1. The molecule has 0 radical (unpaired) electrons. The number of hydrogen-bond donors (Lipinski definition) is 0. The van der Waals surface area contributed by atoms with Crippen molar-refractivity contribution in [3.63, 3.8) is 0 Å². The number of rotatable bonds is 7. The number of ether oxygens (including phenoxy) is 2. The lowest BCUT2D eigenvalue weighted by atomic mass is 10.2. The van der Waals surface area contributed by atoms with E-state index < -0.39 is 0 Å². The zero-order valence-electron chi connectivity index (χ0n) is 14.0. The molecule has 1 aliphatic rings. The van der Waals surface area contributed by atoms with E-state index in [-0.39, 0.29) is 0 Å². The second-order valence-corrected chi connectivity index (χ2v) is 6.02. The van der Waals surface area contributed by atoms with Gasteiger partial charge in [0.1, 0.15) is 5.75 Å². The highest BCUT2D eigenvalue weighted by Gasteiger charge is 2.19. The van der Waals surface area contributed by atoms with Gasteiger partial charge in [-0.3, -0.25) is 4.90 Å². The molecule has 0 aromatic heterocycles. The van der Waals surface area contributed by atoms with Gasteiger partial charge in [0, 0.05) is 26.2 Å². The van der Waals surface area contributed by atoms with E-state index in [9.17, 15) is 0 Å². The van der Waals surface area contributed by atoms with Crippen molar-refractivity contribution in [3.8, 4) is 5.75 Å². The predicted molar refractivity (Wildman–Crippen MR) is 91.4 cm³/mol. The second-order valence-electron chi connectivity index (χ2n) is 6.02. The van der Waals surface area contributed by atoms with E-state index in [1.54, 1.807) is 7.11 Å². The molecule has 4 nitrogen and oxygen atoms in total. The third-order valence-corrected chi connectivity index (χ3v) is 3.91. The van der Waals surface area contributed by atoms with Crippen LogP contribution in [0.5, 0.6) is 5.75 Å². The highest BCUT2D eigenvalue weighted by atomic mass is 16.5. The van der Waals surface area contributed by atoms with E-state index in [0.717, 1.165) is 45.0 Å². The number of benzene rings is 1. The van der Waals surface area contributed by atoms with Gasteiger partial charge in [-0.15, -0.1) is 0 Å². The Hall–Kier alpha value is -1.36. The van der Waals surface area contributed by atoms with E-state index >= 15 is 0 Å². The Morgan fingerprint density at radius 3 is 2.77 bits per heavy atom. The largest absolute Gasteiger partial charge is 0.497 e. The van der Waals surface area contributed by atoms with Crippen LogP contribution in [0.1, 0.15) is 12.0 Å². The van der Waals surface area contributed by atoms with Crippen LogP contribution in [0.3, 0.4) is 0 Å². The Labute approximate surface area is 134 Å². The Morgan fingerprint density at radius 2 is 2.09 bits per heavy atom. The molecule has 0 N–H and O–H groups in total. The fraction of sp³-hybridized carbons (Fsp3) is 0.556. The highest BCUT2D eigenvalue weighted by molar-refractivity contribution is 5.50. The van der Waals surface area contributed by atoms with Crippen molar-refractivity contribution in [2.75, 3.05) is 54.0 Å². The predicted octanol–water partition coefficient (Wildman–Crippen LogP) is 2.36. The molecule has 0 saturated carbocycles. The lowest BCUT2D eigenvalue weighted by Gasteiger charge is -2.32. The average molecular weight is 304 g/mol. The zero-order chi connectivity index (χ0) is 15.8. The monoisotopic (exact) mass is 304 g/mol. The van der Waals surface area contributed by atoms with Gasteiger partial charge in [-0.05, 0) is 38.2 Å². The van der Waals surface area contributed by atoms with E-state index in [1.165, 1.54) is 5.56 Å².